The molecule has 0 unspecified atom stereocenters. The predicted octanol–water partition coefficient (Wildman–Crippen LogP) is 2.97. The first-order valence-corrected chi connectivity index (χ1v) is 4.26. The van der Waals surface area contributed by atoms with Crippen LogP contribution in [0.3, 0.4) is 0 Å². The van der Waals surface area contributed by atoms with Crippen molar-refractivity contribution in [1.29, 1.82) is 0 Å². The van der Waals surface area contributed by atoms with Gasteiger partial charge in [-0.2, -0.15) is 0 Å². The second-order valence-corrected chi connectivity index (χ2v) is 3.22. The molecule has 0 amide bonds. The summed E-state index contributed by atoms with van der Waals surface area (Å²) < 4.78 is 1.10. The first-order valence-electron chi connectivity index (χ1n) is 3.47. The molecule has 0 saturated carbocycles. The van der Waals surface area contributed by atoms with E-state index in [-0.39, 0.29) is 0 Å². The van der Waals surface area contributed by atoms with E-state index in [4.69, 9.17) is 6.42 Å². The standard InChI is InChI=1S/C10H8Br/c1-2-3-4-9-5-7-10(11)8-6-9/h5-8H,3-4H2. The van der Waals surface area contributed by atoms with Gasteiger partial charge in [0.2, 0.25) is 0 Å². The number of hydrogen-bond acceptors (Lipinski definition) is 0. The molecule has 0 spiro atoms. The van der Waals surface area contributed by atoms with Gasteiger partial charge in [-0.3, -0.25) is 0 Å². The van der Waals surface area contributed by atoms with Crippen molar-refractivity contribution in [1.82, 2.24) is 0 Å². The average Bonchev–Trinajstić information content (AvgIpc) is 2.04. The molecule has 0 fully saturated rings. The molecular formula is C10H8Br. The number of rotatable bonds is 2. The van der Waals surface area contributed by atoms with Crippen molar-refractivity contribution in [2.45, 2.75) is 12.8 Å². The van der Waals surface area contributed by atoms with E-state index in [1.54, 1.807) is 0 Å². The van der Waals surface area contributed by atoms with E-state index in [2.05, 4.69) is 34.0 Å². The van der Waals surface area contributed by atoms with E-state index in [1.807, 2.05) is 12.1 Å². The van der Waals surface area contributed by atoms with Crippen LogP contribution in [0.2, 0.25) is 0 Å². The molecule has 55 valence electrons. The molecule has 0 bridgehead atoms. The zero-order valence-corrected chi connectivity index (χ0v) is 7.69. The Morgan fingerprint density at radius 1 is 1.27 bits per heavy atom. The van der Waals surface area contributed by atoms with Crippen LogP contribution >= 0.6 is 15.9 Å². The summed E-state index contributed by atoms with van der Waals surface area (Å²) in [7, 11) is 0. The van der Waals surface area contributed by atoms with Gasteiger partial charge in [-0.25, -0.2) is 0 Å². The summed E-state index contributed by atoms with van der Waals surface area (Å²) >= 11 is 3.36. The highest BCUT2D eigenvalue weighted by molar-refractivity contribution is 9.10. The van der Waals surface area contributed by atoms with Gasteiger partial charge in [-0.15, -0.1) is 0 Å². The summed E-state index contributed by atoms with van der Waals surface area (Å²) in [5.74, 6) is 2.37. The van der Waals surface area contributed by atoms with Crippen molar-refractivity contribution in [2.75, 3.05) is 0 Å². The summed E-state index contributed by atoms with van der Waals surface area (Å²) in [6.07, 6.45) is 8.36. The van der Waals surface area contributed by atoms with Gasteiger partial charge in [0.15, 0.2) is 0 Å². The Labute approximate surface area is 75.8 Å². The first kappa shape index (κ1) is 8.36. The smallest absolute Gasteiger partial charge is 0.0175 e. The lowest BCUT2D eigenvalue weighted by atomic mass is 10.1. The quantitative estimate of drug-likeness (QED) is 0.655. The maximum Gasteiger partial charge on any atom is 0.0175 e. The minimum atomic E-state index is 0.710. The van der Waals surface area contributed by atoms with Gasteiger partial charge in [0.05, 0.1) is 0 Å². The van der Waals surface area contributed by atoms with Crippen LogP contribution in [-0.4, -0.2) is 0 Å². The third-order valence-electron chi connectivity index (χ3n) is 1.45. The second kappa shape index (κ2) is 4.20. The topological polar surface area (TPSA) is 0 Å². The summed E-state index contributed by atoms with van der Waals surface area (Å²) in [4.78, 5) is 0. The zero-order valence-electron chi connectivity index (χ0n) is 6.10. The van der Waals surface area contributed by atoms with Crippen molar-refractivity contribution in [3.8, 4) is 5.92 Å². The van der Waals surface area contributed by atoms with E-state index >= 15 is 0 Å². The highest BCUT2D eigenvalue weighted by Crippen LogP contribution is 2.11. The van der Waals surface area contributed by atoms with Gasteiger partial charge >= 0.3 is 0 Å². The Kier molecular flexibility index (Phi) is 3.19. The minimum absolute atomic E-state index is 0.710. The van der Waals surface area contributed by atoms with E-state index in [0.717, 1.165) is 10.9 Å². The molecule has 0 atom stereocenters. The normalized spacial score (nSPS) is 9.09. The Morgan fingerprint density at radius 3 is 2.45 bits per heavy atom. The van der Waals surface area contributed by atoms with Gasteiger partial charge in [-0.1, -0.05) is 34.0 Å². The molecule has 1 radical (unpaired) electrons. The SMILES string of the molecule is [C]#CCCc1ccc(Br)cc1. The van der Waals surface area contributed by atoms with Crippen molar-refractivity contribution in [3.63, 3.8) is 0 Å². The summed E-state index contributed by atoms with van der Waals surface area (Å²) in [6.45, 7) is 0. The molecule has 1 rings (SSSR count). The number of hydrogen-bond donors (Lipinski definition) is 0. The van der Waals surface area contributed by atoms with Gasteiger partial charge in [-0.05, 0) is 30.5 Å². The summed E-state index contributed by atoms with van der Waals surface area (Å²) in [5.41, 5.74) is 1.26. The number of benzene rings is 1. The third-order valence-corrected chi connectivity index (χ3v) is 1.98. The lowest BCUT2D eigenvalue weighted by molar-refractivity contribution is 1.03. The highest BCUT2D eigenvalue weighted by atomic mass is 79.9. The fourth-order valence-corrected chi connectivity index (χ4v) is 1.12. The van der Waals surface area contributed by atoms with Crippen molar-refractivity contribution in [2.24, 2.45) is 0 Å². The summed E-state index contributed by atoms with van der Waals surface area (Å²) in [5, 5.41) is 0. The predicted molar refractivity (Wildman–Crippen MR) is 49.6 cm³/mol. The van der Waals surface area contributed by atoms with Crippen molar-refractivity contribution in [3.05, 3.63) is 40.7 Å². The maximum absolute atomic E-state index is 6.73. The summed E-state index contributed by atoms with van der Waals surface area (Å²) in [6, 6.07) is 8.14. The van der Waals surface area contributed by atoms with E-state index in [1.165, 1.54) is 5.56 Å². The average molecular weight is 208 g/mol. The Balaban J connectivity index is 2.60. The number of halogens is 1. The highest BCUT2D eigenvalue weighted by Gasteiger charge is 1.90. The third kappa shape index (κ3) is 2.78. The van der Waals surface area contributed by atoms with Crippen LogP contribution in [0.5, 0.6) is 0 Å². The maximum atomic E-state index is 6.73. The lowest BCUT2D eigenvalue weighted by Crippen LogP contribution is -1.81. The van der Waals surface area contributed by atoms with Gasteiger partial charge < -0.3 is 0 Å². The van der Waals surface area contributed by atoms with E-state index in [0.29, 0.717) is 6.42 Å². The van der Waals surface area contributed by atoms with Crippen LogP contribution in [0.25, 0.3) is 0 Å². The minimum Gasteiger partial charge on any atom is -0.0888 e. The molecule has 0 aromatic heterocycles. The Morgan fingerprint density at radius 2 is 1.91 bits per heavy atom. The molecule has 11 heavy (non-hydrogen) atoms. The Hall–Kier alpha value is -0.740. The van der Waals surface area contributed by atoms with Gasteiger partial charge in [0.1, 0.15) is 0 Å². The molecule has 0 aliphatic rings. The van der Waals surface area contributed by atoms with Crippen LogP contribution in [0.1, 0.15) is 12.0 Å². The fraction of sp³-hybridized carbons (Fsp3) is 0.200. The van der Waals surface area contributed by atoms with Crippen LogP contribution < -0.4 is 0 Å². The molecule has 0 heterocycles. The van der Waals surface area contributed by atoms with Gasteiger partial charge in [0, 0.05) is 10.9 Å². The second-order valence-electron chi connectivity index (χ2n) is 2.30. The van der Waals surface area contributed by atoms with E-state index < -0.39 is 0 Å². The lowest BCUT2D eigenvalue weighted by Gasteiger charge is -1.96. The number of aryl methyl sites for hydroxylation is 1. The molecule has 0 N–H and O–H groups in total. The first-order chi connectivity index (χ1) is 5.33. The Bertz CT molecular complexity index is 253. The fourth-order valence-electron chi connectivity index (χ4n) is 0.858. The van der Waals surface area contributed by atoms with E-state index in [9.17, 15) is 0 Å². The monoisotopic (exact) mass is 207 g/mol. The molecule has 0 saturated heterocycles. The molecule has 0 aliphatic carbocycles. The molecule has 1 aromatic rings. The largest absolute Gasteiger partial charge is 0.0888 e. The van der Waals surface area contributed by atoms with Crippen LogP contribution in [0, 0.1) is 12.3 Å². The molecule has 1 aromatic carbocycles. The van der Waals surface area contributed by atoms with Crippen molar-refractivity contribution < 1.29 is 0 Å². The van der Waals surface area contributed by atoms with Crippen LogP contribution in [0.4, 0.5) is 0 Å². The molecule has 0 aliphatic heterocycles. The van der Waals surface area contributed by atoms with Gasteiger partial charge in [0.25, 0.3) is 0 Å². The van der Waals surface area contributed by atoms with Crippen LogP contribution in [0.15, 0.2) is 28.7 Å². The zero-order chi connectivity index (χ0) is 8.10. The molecule has 0 nitrogen and oxygen atoms in total. The van der Waals surface area contributed by atoms with Crippen LogP contribution in [-0.2, 0) is 6.42 Å². The molecule has 1 heteroatoms. The molecular weight excluding hydrogens is 200 g/mol. The van der Waals surface area contributed by atoms with Crippen molar-refractivity contribution >= 4 is 15.9 Å².